The molecule has 1 aliphatic rings. The van der Waals surface area contributed by atoms with Crippen LogP contribution in [0.4, 0.5) is 5.69 Å². The summed E-state index contributed by atoms with van der Waals surface area (Å²) in [6.45, 7) is 0.927. The van der Waals surface area contributed by atoms with Crippen LogP contribution in [0.1, 0.15) is 12.8 Å². The number of nitrogens with one attached hydrogen (secondary N) is 3. The highest BCUT2D eigenvalue weighted by Crippen LogP contribution is 2.19. The third-order valence-corrected chi connectivity index (χ3v) is 3.34. The number of rotatable bonds is 3. The highest BCUT2D eigenvalue weighted by Gasteiger charge is 2.21. The summed E-state index contributed by atoms with van der Waals surface area (Å²) >= 11 is 0. The maximum Gasteiger partial charge on any atom is 0.241 e. The van der Waals surface area contributed by atoms with E-state index in [4.69, 9.17) is 0 Å². The highest BCUT2D eigenvalue weighted by molar-refractivity contribution is 5.95. The first-order valence-electron chi connectivity index (χ1n) is 6.47. The lowest BCUT2D eigenvalue weighted by Crippen LogP contribution is -2.35. The van der Waals surface area contributed by atoms with Crippen molar-refractivity contribution in [3.63, 3.8) is 0 Å². The molecule has 1 aromatic carbocycles. The first-order chi connectivity index (χ1) is 9.33. The molecule has 0 aliphatic carbocycles. The number of amides is 1. The van der Waals surface area contributed by atoms with E-state index < -0.39 is 0 Å². The molecule has 1 atom stereocenters. The molecule has 0 unspecified atom stereocenters. The van der Waals surface area contributed by atoms with Gasteiger partial charge in [0.2, 0.25) is 5.91 Å². The molecule has 6 heteroatoms. The van der Waals surface area contributed by atoms with Crippen molar-refractivity contribution in [1.29, 1.82) is 0 Å². The summed E-state index contributed by atoms with van der Waals surface area (Å²) in [4.78, 5) is 11.9. The van der Waals surface area contributed by atoms with Crippen molar-refractivity contribution >= 4 is 24.0 Å². The summed E-state index contributed by atoms with van der Waals surface area (Å²) in [5.41, 5.74) is 2.84. The Balaban J connectivity index is 0.00000147. The predicted octanol–water partition coefficient (Wildman–Crippen LogP) is 2.19. The molecule has 3 rings (SSSR count). The number of H-pyrrole nitrogens is 1. The van der Waals surface area contributed by atoms with Gasteiger partial charge in [0, 0.05) is 11.9 Å². The fraction of sp³-hybridized carbons (Fsp3) is 0.286. The molecule has 0 saturated carbocycles. The Labute approximate surface area is 123 Å². The van der Waals surface area contributed by atoms with Crippen LogP contribution in [0.15, 0.2) is 36.5 Å². The minimum Gasteiger partial charge on any atom is -0.325 e. The number of carbonyl (C=O) groups is 1. The van der Waals surface area contributed by atoms with E-state index in [1.807, 2.05) is 30.3 Å². The van der Waals surface area contributed by atoms with Crippen LogP contribution in [0.5, 0.6) is 0 Å². The Morgan fingerprint density at radius 3 is 2.65 bits per heavy atom. The predicted molar refractivity (Wildman–Crippen MR) is 80.9 cm³/mol. The lowest BCUT2D eigenvalue weighted by molar-refractivity contribution is -0.117. The molecular weight excluding hydrogens is 276 g/mol. The minimum absolute atomic E-state index is 0. The molecular formula is C14H17ClN4O. The average Bonchev–Trinajstić information content (AvgIpc) is 3.13. The van der Waals surface area contributed by atoms with Crippen molar-refractivity contribution in [3.05, 3.63) is 36.5 Å². The second-order valence-electron chi connectivity index (χ2n) is 4.69. The number of anilines is 1. The summed E-state index contributed by atoms with van der Waals surface area (Å²) in [5, 5.41) is 12.9. The Hall–Kier alpha value is -1.85. The molecule has 1 fully saturated rings. The molecule has 20 heavy (non-hydrogen) atoms. The first kappa shape index (κ1) is 14.6. The van der Waals surface area contributed by atoms with Crippen molar-refractivity contribution in [1.82, 2.24) is 15.5 Å². The third-order valence-electron chi connectivity index (χ3n) is 3.34. The monoisotopic (exact) mass is 292 g/mol. The first-order valence-corrected chi connectivity index (χ1v) is 6.47. The van der Waals surface area contributed by atoms with Gasteiger partial charge in [-0.05, 0) is 43.1 Å². The van der Waals surface area contributed by atoms with Gasteiger partial charge >= 0.3 is 0 Å². The number of nitrogens with zero attached hydrogens (tertiary/aromatic N) is 1. The number of carbonyl (C=O) groups excluding carboxylic acids is 1. The van der Waals surface area contributed by atoms with Crippen LogP contribution in [-0.2, 0) is 4.79 Å². The van der Waals surface area contributed by atoms with E-state index in [2.05, 4.69) is 20.8 Å². The summed E-state index contributed by atoms with van der Waals surface area (Å²) < 4.78 is 0. The number of aromatic nitrogens is 2. The van der Waals surface area contributed by atoms with E-state index in [9.17, 15) is 4.79 Å². The summed E-state index contributed by atoms with van der Waals surface area (Å²) in [6.07, 6.45) is 3.70. The van der Waals surface area contributed by atoms with Gasteiger partial charge in [0.05, 0.1) is 11.7 Å². The lowest BCUT2D eigenvalue weighted by Gasteiger charge is -2.11. The standard InChI is InChI=1S/C14H16N4O.ClH/c19-14(13-2-1-8-15-13)17-11-5-3-10(4-6-11)12-7-9-16-18-12;/h3-7,9,13,15H,1-2,8H2,(H,16,18)(H,17,19);1H/t13-;/m0./s1. The summed E-state index contributed by atoms with van der Waals surface area (Å²) in [5.74, 6) is 0.0480. The minimum atomic E-state index is -0.0488. The van der Waals surface area contributed by atoms with E-state index in [1.54, 1.807) is 6.20 Å². The van der Waals surface area contributed by atoms with E-state index in [0.29, 0.717) is 0 Å². The maximum atomic E-state index is 11.9. The number of aromatic amines is 1. The van der Waals surface area contributed by atoms with Gasteiger partial charge in [0.25, 0.3) is 0 Å². The Kier molecular flexibility index (Phi) is 4.76. The largest absolute Gasteiger partial charge is 0.325 e. The molecule has 5 nitrogen and oxygen atoms in total. The molecule has 3 N–H and O–H groups in total. The second-order valence-corrected chi connectivity index (χ2v) is 4.69. The molecule has 2 aromatic rings. The average molecular weight is 293 g/mol. The molecule has 1 aliphatic heterocycles. The fourth-order valence-corrected chi connectivity index (χ4v) is 2.29. The number of hydrogen-bond acceptors (Lipinski definition) is 3. The fourth-order valence-electron chi connectivity index (χ4n) is 2.29. The van der Waals surface area contributed by atoms with Crippen molar-refractivity contribution in [2.24, 2.45) is 0 Å². The SMILES string of the molecule is Cl.O=C(Nc1ccc(-c2ccn[nH]2)cc1)[C@@H]1CCCN1. The van der Waals surface area contributed by atoms with E-state index in [-0.39, 0.29) is 24.4 Å². The van der Waals surface area contributed by atoms with Gasteiger partial charge in [-0.25, -0.2) is 0 Å². The molecule has 0 bridgehead atoms. The van der Waals surface area contributed by atoms with Crippen molar-refractivity contribution in [3.8, 4) is 11.3 Å². The van der Waals surface area contributed by atoms with Crippen LogP contribution in [-0.4, -0.2) is 28.7 Å². The van der Waals surface area contributed by atoms with Crippen LogP contribution in [0.3, 0.4) is 0 Å². The third kappa shape index (κ3) is 3.18. The maximum absolute atomic E-state index is 11.9. The van der Waals surface area contributed by atoms with Gasteiger partial charge in [-0.3, -0.25) is 9.89 Å². The molecule has 1 amide bonds. The van der Waals surface area contributed by atoms with Crippen LogP contribution < -0.4 is 10.6 Å². The molecule has 2 heterocycles. The van der Waals surface area contributed by atoms with Crippen molar-refractivity contribution in [2.75, 3.05) is 11.9 Å². The van der Waals surface area contributed by atoms with Gasteiger partial charge in [0.1, 0.15) is 0 Å². The van der Waals surface area contributed by atoms with Gasteiger partial charge in [-0.15, -0.1) is 12.4 Å². The molecule has 0 spiro atoms. The van der Waals surface area contributed by atoms with Crippen LogP contribution in [0.2, 0.25) is 0 Å². The van der Waals surface area contributed by atoms with Crippen LogP contribution >= 0.6 is 12.4 Å². The number of halogens is 1. The van der Waals surface area contributed by atoms with Crippen LogP contribution in [0, 0.1) is 0 Å². The van der Waals surface area contributed by atoms with E-state index >= 15 is 0 Å². The van der Waals surface area contributed by atoms with Crippen molar-refractivity contribution < 1.29 is 4.79 Å². The van der Waals surface area contributed by atoms with Gasteiger partial charge in [-0.1, -0.05) is 12.1 Å². The zero-order valence-electron chi connectivity index (χ0n) is 10.9. The molecule has 1 aromatic heterocycles. The Bertz CT molecular complexity index is 547. The number of hydrogen-bond donors (Lipinski definition) is 3. The van der Waals surface area contributed by atoms with Gasteiger partial charge in [-0.2, -0.15) is 5.10 Å². The molecule has 0 radical (unpaired) electrons. The molecule has 1 saturated heterocycles. The topological polar surface area (TPSA) is 69.8 Å². The van der Waals surface area contributed by atoms with Gasteiger partial charge in [0.15, 0.2) is 0 Å². The highest BCUT2D eigenvalue weighted by atomic mass is 35.5. The number of benzene rings is 1. The quantitative estimate of drug-likeness (QED) is 0.812. The van der Waals surface area contributed by atoms with Gasteiger partial charge < -0.3 is 10.6 Å². The Morgan fingerprint density at radius 1 is 1.25 bits per heavy atom. The smallest absolute Gasteiger partial charge is 0.241 e. The Morgan fingerprint density at radius 2 is 2.05 bits per heavy atom. The van der Waals surface area contributed by atoms with Crippen LogP contribution in [0.25, 0.3) is 11.3 Å². The normalized spacial score (nSPS) is 17.5. The summed E-state index contributed by atoms with van der Waals surface area (Å²) in [6, 6.07) is 9.60. The van der Waals surface area contributed by atoms with E-state index in [1.165, 1.54) is 0 Å². The van der Waals surface area contributed by atoms with E-state index in [0.717, 1.165) is 36.3 Å². The summed E-state index contributed by atoms with van der Waals surface area (Å²) in [7, 11) is 0. The zero-order chi connectivity index (χ0) is 13.1. The van der Waals surface area contributed by atoms with Crippen molar-refractivity contribution in [2.45, 2.75) is 18.9 Å². The molecule has 106 valence electrons. The lowest BCUT2D eigenvalue weighted by atomic mass is 10.1. The zero-order valence-corrected chi connectivity index (χ0v) is 11.7. The second kappa shape index (κ2) is 6.54.